The number of methoxy groups -OCH3 is 1. The lowest BCUT2D eigenvalue weighted by atomic mass is 10.1. The highest BCUT2D eigenvalue weighted by Crippen LogP contribution is 2.35. The Labute approximate surface area is 235 Å². The standard InChI is InChI=1S/C32H35N3O5/c1-3-4-14-35-27(26(20-36-2)33-32(35)25-8-6-5-7-9-25)19-34(17-23-10-12-28-30(15-23)39-21-37-28)18-24-11-13-29-31(16-24)40-22-38-29/h5-13,15-16H,3-4,14,17-22H2,1-2H3. The molecule has 0 fully saturated rings. The average molecular weight is 542 g/mol. The van der Waals surface area contributed by atoms with Gasteiger partial charge in [-0.2, -0.15) is 0 Å². The summed E-state index contributed by atoms with van der Waals surface area (Å²) in [5.41, 5.74) is 5.57. The van der Waals surface area contributed by atoms with Crippen molar-refractivity contribution in [3.8, 4) is 34.4 Å². The van der Waals surface area contributed by atoms with E-state index in [1.165, 1.54) is 5.69 Å². The van der Waals surface area contributed by atoms with Gasteiger partial charge in [-0.25, -0.2) is 4.98 Å². The van der Waals surface area contributed by atoms with Gasteiger partial charge >= 0.3 is 0 Å². The maximum absolute atomic E-state index is 5.67. The second-order valence-corrected chi connectivity index (χ2v) is 10.2. The second-order valence-electron chi connectivity index (χ2n) is 10.2. The fourth-order valence-corrected chi connectivity index (χ4v) is 5.30. The molecular formula is C32H35N3O5. The molecule has 208 valence electrons. The first-order valence-corrected chi connectivity index (χ1v) is 13.8. The van der Waals surface area contributed by atoms with E-state index in [1.54, 1.807) is 7.11 Å². The van der Waals surface area contributed by atoms with Gasteiger partial charge in [-0.1, -0.05) is 55.8 Å². The quantitative estimate of drug-likeness (QED) is 0.213. The average Bonchev–Trinajstić information content (AvgIpc) is 3.71. The van der Waals surface area contributed by atoms with Crippen molar-refractivity contribution in [3.63, 3.8) is 0 Å². The van der Waals surface area contributed by atoms with Crippen LogP contribution in [0.15, 0.2) is 66.7 Å². The van der Waals surface area contributed by atoms with Crippen LogP contribution in [-0.4, -0.2) is 35.1 Å². The van der Waals surface area contributed by atoms with Crippen LogP contribution in [0.4, 0.5) is 0 Å². The summed E-state index contributed by atoms with van der Waals surface area (Å²) in [5, 5.41) is 0. The molecule has 4 aromatic rings. The highest BCUT2D eigenvalue weighted by atomic mass is 16.7. The summed E-state index contributed by atoms with van der Waals surface area (Å²) in [6.45, 7) is 6.24. The molecule has 0 spiro atoms. The van der Waals surface area contributed by atoms with E-state index in [9.17, 15) is 0 Å². The molecule has 8 heteroatoms. The highest BCUT2D eigenvalue weighted by molar-refractivity contribution is 5.57. The topological polar surface area (TPSA) is 67.2 Å². The van der Waals surface area contributed by atoms with Crippen LogP contribution in [-0.2, 0) is 37.5 Å². The van der Waals surface area contributed by atoms with E-state index < -0.39 is 0 Å². The number of hydrogen-bond acceptors (Lipinski definition) is 7. The van der Waals surface area contributed by atoms with Gasteiger partial charge in [0.05, 0.1) is 18.0 Å². The van der Waals surface area contributed by atoms with Gasteiger partial charge in [0.2, 0.25) is 13.6 Å². The molecule has 3 heterocycles. The van der Waals surface area contributed by atoms with Crippen molar-refractivity contribution in [2.24, 2.45) is 0 Å². The molecule has 0 aliphatic carbocycles. The van der Waals surface area contributed by atoms with Gasteiger partial charge in [0.15, 0.2) is 23.0 Å². The summed E-state index contributed by atoms with van der Waals surface area (Å²) >= 11 is 0. The maximum Gasteiger partial charge on any atom is 0.231 e. The number of fused-ring (bicyclic) bond motifs is 2. The Morgan fingerprint density at radius 2 is 1.43 bits per heavy atom. The molecule has 2 aliphatic heterocycles. The Balaban J connectivity index is 1.37. The van der Waals surface area contributed by atoms with Gasteiger partial charge in [-0.3, -0.25) is 4.90 Å². The molecule has 0 amide bonds. The Morgan fingerprint density at radius 3 is 2.02 bits per heavy atom. The summed E-state index contributed by atoms with van der Waals surface area (Å²) in [7, 11) is 1.73. The van der Waals surface area contributed by atoms with Crippen LogP contribution in [0.5, 0.6) is 23.0 Å². The molecule has 8 nitrogen and oxygen atoms in total. The predicted octanol–water partition coefficient (Wildman–Crippen LogP) is 6.16. The van der Waals surface area contributed by atoms with Gasteiger partial charge in [-0.05, 0) is 41.8 Å². The van der Waals surface area contributed by atoms with Gasteiger partial charge in [0, 0.05) is 38.9 Å². The third-order valence-corrected chi connectivity index (χ3v) is 7.26. The number of nitrogens with zero attached hydrogens (tertiary/aromatic N) is 3. The molecule has 0 N–H and O–H groups in total. The molecule has 0 saturated carbocycles. The third-order valence-electron chi connectivity index (χ3n) is 7.26. The zero-order chi connectivity index (χ0) is 27.3. The van der Waals surface area contributed by atoms with Crippen LogP contribution < -0.4 is 18.9 Å². The first-order chi connectivity index (χ1) is 19.7. The fourth-order valence-electron chi connectivity index (χ4n) is 5.30. The number of rotatable bonds is 12. The van der Waals surface area contributed by atoms with E-state index >= 15 is 0 Å². The number of imidazole rings is 1. The van der Waals surface area contributed by atoms with E-state index in [0.717, 1.165) is 83.7 Å². The molecule has 0 saturated heterocycles. The van der Waals surface area contributed by atoms with Crippen LogP contribution in [0, 0.1) is 0 Å². The molecular weight excluding hydrogens is 506 g/mol. The van der Waals surface area contributed by atoms with Crippen LogP contribution >= 0.6 is 0 Å². The summed E-state index contributed by atoms with van der Waals surface area (Å²) < 4.78 is 30.5. The number of aromatic nitrogens is 2. The lowest BCUT2D eigenvalue weighted by Gasteiger charge is -2.25. The maximum atomic E-state index is 5.67. The Morgan fingerprint density at radius 1 is 0.800 bits per heavy atom. The van der Waals surface area contributed by atoms with Crippen molar-refractivity contribution in [1.29, 1.82) is 0 Å². The molecule has 0 radical (unpaired) electrons. The third kappa shape index (κ3) is 5.64. The van der Waals surface area contributed by atoms with Gasteiger partial charge in [0.25, 0.3) is 0 Å². The number of benzene rings is 3. The minimum atomic E-state index is 0.263. The number of ether oxygens (including phenoxy) is 5. The summed E-state index contributed by atoms with van der Waals surface area (Å²) in [5.74, 6) is 4.15. The van der Waals surface area contributed by atoms with E-state index in [0.29, 0.717) is 13.2 Å². The van der Waals surface area contributed by atoms with Crippen molar-refractivity contribution < 1.29 is 23.7 Å². The van der Waals surface area contributed by atoms with Crippen LogP contribution in [0.1, 0.15) is 42.3 Å². The van der Waals surface area contributed by atoms with Gasteiger partial charge in [0.1, 0.15) is 5.82 Å². The summed E-state index contributed by atoms with van der Waals surface area (Å²) in [6, 6.07) is 22.8. The SMILES string of the molecule is CCCCn1c(-c2ccccc2)nc(COC)c1CN(Cc1ccc2c(c1)OCO2)Cc1ccc2c(c1)OCO2. The van der Waals surface area contributed by atoms with Crippen LogP contribution in [0.2, 0.25) is 0 Å². The molecule has 0 atom stereocenters. The normalized spacial score (nSPS) is 13.4. The lowest BCUT2D eigenvalue weighted by Crippen LogP contribution is -2.25. The van der Waals surface area contributed by atoms with Crippen molar-refractivity contribution >= 4 is 0 Å². The first kappa shape index (κ1) is 26.2. The molecule has 2 aliphatic rings. The van der Waals surface area contributed by atoms with Crippen molar-refractivity contribution in [1.82, 2.24) is 14.5 Å². The second kappa shape index (κ2) is 12.0. The predicted molar refractivity (Wildman–Crippen MR) is 151 cm³/mol. The Hall–Kier alpha value is -4.01. The van der Waals surface area contributed by atoms with Crippen LogP contribution in [0.3, 0.4) is 0 Å². The first-order valence-electron chi connectivity index (χ1n) is 13.8. The zero-order valence-electron chi connectivity index (χ0n) is 23.1. The van der Waals surface area contributed by atoms with Gasteiger partial charge in [-0.15, -0.1) is 0 Å². The number of unbranched alkanes of at least 4 members (excludes halogenated alkanes) is 1. The lowest BCUT2D eigenvalue weighted by molar-refractivity contribution is 0.173. The zero-order valence-corrected chi connectivity index (χ0v) is 23.1. The fraction of sp³-hybridized carbons (Fsp3) is 0.344. The van der Waals surface area contributed by atoms with E-state index in [-0.39, 0.29) is 13.6 Å². The minimum absolute atomic E-state index is 0.263. The summed E-state index contributed by atoms with van der Waals surface area (Å²) in [4.78, 5) is 7.56. The van der Waals surface area contributed by atoms with Crippen LogP contribution in [0.25, 0.3) is 11.4 Å². The van der Waals surface area contributed by atoms with E-state index in [1.807, 2.05) is 18.2 Å². The van der Waals surface area contributed by atoms with Crippen molar-refractivity contribution in [2.75, 3.05) is 20.7 Å². The minimum Gasteiger partial charge on any atom is -0.454 e. The summed E-state index contributed by atoms with van der Waals surface area (Å²) in [6.07, 6.45) is 2.17. The highest BCUT2D eigenvalue weighted by Gasteiger charge is 2.23. The molecule has 1 aromatic heterocycles. The smallest absolute Gasteiger partial charge is 0.231 e. The number of hydrogen-bond donors (Lipinski definition) is 0. The molecule has 6 rings (SSSR count). The van der Waals surface area contributed by atoms with E-state index in [4.69, 9.17) is 28.7 Å². The Kier molecular flexibility index (Phi) is 7.88. The molecule has 3 aromatic carbocycles. The molecule has 0 bridgehead atoms. The van der Waals surface area contributed by atoms with E-state index in [2.05, 4.69) is 64.9 Å². The Bertz CT molecular complexity index is 1390. The monoisotopic (exact) mass is 541 g/mol. The van der Waals surface area contributed by atoms with Crippen molar-refractivity contribution in [3.05, 3.63) is 89.2 Å². The molecule has 0 unspecified atom stereocenters. The molecule has 40 heavy (non-hydrogen) atoms. The largest absolute Gasteiger partial charge is 0.454 e. The van der Waals surface area contributed by atoms with Gasteiger partial charge < -0.3 is 28.3 Å². The van der Waals surface area contributed by atoms with Crippen molar-refractivity contribution in [2.45, 2.75) is 52.6 Å².